The molecule has 0 aliphatic heterocycles. The highest BCUT2D eigenvalue weighted by Gasteiger charge is 2.30. The van der Waals surface area contributed by atoms with E-state index in [9.17, 15) is 9.59 Å². The zero-order valence-electron chi connectivity index (χ0n) is 20.8. The van der Waals surface area contributed by atoms with E-state index >= 15 is 0 Å². The van der Waals surface area contributed by atoms with Crippen LogP contribution in [0.15, 0.2) is 12.2 Å². The van der Waals surface area contributed by atoms with Crippen LogP contribution < -0.4 is 0 Å². The third kappa shape index (κ3) is 18.3. The second-order valence-corrected chi connectivity index (χ2v) is 28.9. The number of ether oxygens (including phenoxy) is 2. The van der Waals surface area contributed by atoms with E-state index in [0.717, 1.165) is 37.1 Å². The van der Waals surface area contributed by atoms with Crippen molar-refractivity contribution >= 4 is 45.2 Å². The van der Waals surface area contributed by atoms with Gasteiger partial charge >= 0.3 is 11.9 Å². The molecule has 176 valence electrons. The zero-order valence-corrected chi connectivity index (χ0v) is 24.8. The molecule has 30 heavy (non-hydrogen) atoms. The second-order valence-electron chi connectivity index (χ2n) is 10.8. The summed E-state index contributed by atoms with van der Waals surface area (Å²) in [5.74, 6) is -1.04. The van der Waals surface area contributed by atoms with Gasteiger partial charge in [0.25, 0.3) is 0 Å². The summed E-state index contributed by atoms with van der Waals surface area (Å²) in [5.41, 5.74) is 0. The van der Waals surface area contributed by atoms with Crippen LogP contribution in [-0.2, 0) is 27.3 Å². The van der Waals surface area contributed by atoms with Gasteiger partial charge in [-0.1, -0.05) is 0 Å². The fourth-order valence-corrected chi connectivity index (χ4v) is 19.4. The summed E-state index contributed by atoms with van der Waals surface area (Å²) in [6, 6.07) is 1.88. The Morgan fingerprint density at radius 1 is 0.600 bits per heavy atom. The Labute approximate surface area is 188 Å². The Morgan fingerprint density at radius 2 is 0.900 bits per heavy atom. The van der Waals surface area contributed by atoms with Gasteiger partial charge in [-0.05, 0) is 90.4 Å². The summed E-state index contributed by atoms with van der Waals surface area (Å²) in [6.45, 7) is 22.6. The number of carbonyl (C=O) groups is 2. The van der Waals surface area contributed by atoms with E-state index in [2.05, 4.69) is 65.5 Å². The normalized spacial score (nSPS) is 13.5. The van der Waals surface area contributed by atoms with Gasteiger partial charge in [0, 0.05) is 12.2 Å². The highest BCUT2D eigenvalue weighted by atomic mass is 28.4. The molecule has 10 heteroatoms. The standard InChI is InChI=1S/C20H44O6Si4/c1-27(2,3)25-29(7,8)17-11-15-23-19(21)13-14-20(22)24-16-12-18-30(9,10)26-28(4,5)6/h13-14H,11-12,15-18H2,1-10H3. The molecule has 0 fully saturated rings. The topological polar surface area (TPSA) is 71.1 Å². The summed E-state index contributed by atoms with van der Waals surface area (Å²) in [4.78, 5) is 23.5. The van der Waals surface area contributed by atoms with Crippen molar-refractivity contribution in [1.82, 2.24) is 0 Å². The van der Waals surface area contributed by atoms with E-state index in [4.69, 9.17) is 17.7 Å². The van der Waals surface area contributed by atoms with Crippen LogP contribution in [0.4, 0.5) is 0 Å². The lowest BCUT2D eigenvalue weighted by Gasteiger charge is -2.31. The Bertz CT molecular complexity index is 527. The maximum absolute atomic E-state index is 11.8. The maximum Gasteiger partial charge on any atom is 0.331 e. The van der Waals surface area contributed by atoms with Crippen molar-refractivity contribution in [3.63, 3.8) is 0 Å². The summed E-state index contributed by atoms with van der Waals surface area (Å²) in [6.07, 6.45) is 3.81. The molecule has 6 nitrogen and oxygen atoms in total. The maximum atomic E-state index is 11.8. The molecule has 0 N–H and O–H groups in total. The molecular formula is C20H44O6Si4. The lowest BCUT2D eigenvalue weighted by atomic mass is 10.4. The van der Waals surface area contributed by atoms with Crippen LogP contribution in [0.25, 0.3) is 0 Å². The second kappa shape index (κ2) is 12.5. The Balaban J connectivity index is 4.05. The monoisotopic (exact) mass is 492 g/mol. The molecule has 0 amide bonds. The first-order chi connectivity index (χ1) is 13.4. The third-order valence-corrected chi connectivity index (χ3v) is 16.3. The van der Waals surface area contributed by atoms with Crippen LogP contribution in [0.5, 0.6) is 0 Å². The van der Waals surface area contributed by atoms with E-state index in [1.54, 1.807) is 0 Å². The molecule has 0 aromatic heterocycles. The lowest BCUT2D eigenvalue weighted by Crippen LogP contribution is -2.42. The summed E-state index contributed by atoms with van der Waals surface area (Å²) in [5, 5.41) is 0. The van der Waals surface area contributed by atoms with Crippen LogP contribution in [0.1, 0.15) is 12.8 Å². The molecule has 0 spiro atoms. The minimum atomic E-state index is -1.72. The number of carbonyl (C=O) groups excluding carboxylic acids is 2. The van der Waals surface area contributed by atoms with E-state index in [1.807, 2.05) is 0 Å². The van der Waals surface area contributed by atoms with Gasteiger partial charge in [-0.25, -0.2) is 9.59 Å². The van der Waals surface area contributed by atoms with Gasteiger partial charge in [0.1, 0.15) is 0 Å². The van der Waals surface area contributed by atoms with Crippen LogP contribution in [0.3, 0.4) is 0 Å². The minimum absolute atomic E-state index is 0.334. The average molecular weight is 493 g/mol. The molecule has 0 aromatic carbocycles. The van der Waals surface area contributed by atoms with Crippen molar-refractivity contribution < 1.29 is 27.3 Å². The van der Waals surface area contributed by atoms with Crippen molar-refractivity contribution in [2.45, 2.75) is 90.4 Å². The van der Waals surface area contributed by atoms with Gasteiger partial charge in [-0.15, -0.1) is 0 Å². The van der Waals surface area contributed by atoms with Crippen LogP contribution >= 0.6 is 0 Å². The molecule has 0 unspecified atom stereocenters. The first-order valence-electron chi connectivity index (χ1n) is 10.8. The molecule has 0 saturated carbocycles. The molecule has 0 rings (SSSR count). The molecule has 0 heterocycles. The summed E-state index contributed by atoms with van der Waals surface area (Å²) >= 11 is 0. The van der Waals surface area contributed by atoms with Crippen molar-refractivity contribution in [1.29, 1.82) is 0 Å². The van der Waals surface area contributed by atoms with Gasteiger partial charge in [0.2, 0.25) is 0 Å². The van der Waals surface area contributed by atoms with Gasteiger partial charge in [-0.3, -0.25) is 0 Å². The first-order valence-corrected chi connectivity index (χ1v) is 23.9. The quantitative estimate of drug-likeness (QED) is 0.137. The number of esters is 2. The van der Waals surface area contributed by atoms with E-state index < -0.39 is 45.2 Å². The third-order valence-electron chi connectivity index (χ3n) is 3.86. The summed E-state index contributed by atoms with van der Waals surface area (Å²) < 4.78 is 22.9. The smallest absolute Gasteiger partial charge is 0.331 e. The number of hydrogen-bond acceptors (Lipinski definition) is 6. The number of hydrogen-bond donors (Lipinski definition) is 0. The SMILES string of the molecule is C[Si](C)(C)O[Si](C)(C)CCCOC(=O)C=CC(=O)OCCC[Si](C)(C)O[Si](C)(C)C. The van der Waals surface area contributed by atoms with Crippen molar-refractivity contribution in [3.05, 3.63) is 12.2 Å². The predicted octanol–water partition coefficient (Wildman–Crippen LogP) is 5.52. The predicted molar refractivity (Wildman–Crippen MR) is 134 cm³/mol. The Morgan fingerprint density at radius 3 is 1.17 bits per heavy atom. The zero-order chi connectivity index (χ0) is 23.6. The van der Waals surface area contributed by atoms with Gasteiger partial charge in [-0.2, -0.15) is 0 Å². The molecule has 0 atom stereocenters. The number of rotatable bonds is 14. The Hall–Kier alpha value is -0.532. The van der Waals surface area contributed by atoms with Gasteiger partial charge < -0.3 is 17.7 Å². The average Bonchev–Trinajstić information content (AvgIpc) is 2.49. The Kier molecular flexibility index (Phi) is 12.3. The fourth-order valence-electron chi connectivity index (χ4n) is 3.33. The first kappa shape index (κ1) is 29.5. The fraction of sp³-hybridized carbons (Fsp3) is 0.800. The van der Waals surface area contributed by atoms with Crippen LogP contribution in [-0.4, -0.2) is 58.4 Å². The summed E-state index contributed by atoms with van der Waals surface area (Å²) in [7, 11) is -6.53. The van der Waals surface area contributed by atoms with Crippen molar-refractivity contribution in [2.24, 2.45) is 0 Å². The minimum Gasteiger partial charge on any atom is -0.463 e. The lowest BCUT2D eigenvalue weighted by molar-refractivity contribution is -0.140. The van der Waals surface area contributed by atoms with Crippen LogP contribution in [0, 0.1) is 0 Å². The highest BCUT2D eigenvalue weighted by Crippen LogP contribution is 2.20. The molecule has 0 aliphatic carbocycles. The van der Waals surface area contributed by atoms with Crippen LogP contribution in [0.2, 0.25) is 77.6 Å². The molecule has 0 radical (unpaired) electrons. The molecule has 0 aromatic rings. The van der Waals surface area contributed by atoms with Crippen molar-refractivity contribution in [2.75, 3.05) is 13.2 Å². The van der Waals surface area contributed by atoms with Gasteiger partial charge in [0.05, 0.1) is 13.2 Å². The molecule has 0 aliphatic rings. The largest absolute Gasteiger partial charge is 0.463 e. The van der Waals surface area contributed by atoms with E-state index in [0.29, 0.717) is 13.2 Å². The van der Waals surface area contributed by atoms with Crippen molar-refractivity contribution in [3.8, 4) is 0 Å². The van der Waals surface area contributed by atoms with E-state index in [1.165, 1.54) is 0 Å². The molecular weight excluding hydrogens is 449 g/mol. The molecule has 0 saturated heterocycles. The molecule has 0 bridgehead atoms. The van der Waals surface area contributed by atoms with Gasteiger partial charge in [0.15, 0.2) is 33.3 Å². The highest BCUT2D eigenvalue weighted by molar-refractivity contribution is 6.84. The van der Waals surface area contributed by atoms with E-state index in [-0.39, 0.29) is 0 Å².